The fourth-order valence-electron chi connectivity index (χ4n) is 1.37. The molecule has 0 unspecified atom stereocenters. The Morgan fingerprint density at radius 3 is 2.06 bits per heavy atom. The molecule has 0 aliphatic carbocycles. The van der Waals surface area contributed by atoms with Crippen molar-refractivity contribution in [1.29, 1.82) is 0 Å². The summed E-state index contributed by atoms with van der Waals surface area (Å²) in [5.41, 5.74) is -0.0627. The molecule has 4 heteroatoms. The minimum Gasteiger partial charge on any atom is -0.383 e. The van der Waals surface area contributed by atoms with Gasteiger partial charge >= 0.3 is 0 Å². The zero-order chi connectivity index (χ0) is 13.1. The Morgan fingerprint density at radius 2 is 1.53 bits per heavy atom. The van der Waals surface area contributed by atoms with Crippen LogP contribution in [0.5, 0.6) is 0 Å². The lowest BCUT2D eigenvalue weighted by atomic mass is 10.2. The van der Waals surface area contributed by atoms with Gasteiger partial charge < -0.3 is 14.2 Å². The minimum absolute atomic E-state index is 0.0627. The summed E-state index contributed by atoms with van der Waals surface area (Å²) in [6.45, 7) is 14.1. The fraction of sp³-hybridized carbons (Fsp3) is 1.00. The van der Waals surface area contributed by atoms with E-state index in [0.717, 1.165) is 46.1 Å². The average molecular weight is 247 g/mol. The molecule has 0 saturated carbocycles. The Bertz CT molecular complexity index is 169. The summed E-state index contributed by atoms with van der Waals surface area (Å²) in [5, 5.41) is 0. The monoisotopic (exact) mass is 247 g/mol. The van der Waals surface area contributed by atoms with Gasteiger partial charge in [0.15, 0.2) is 0 Å². The molecule has 104 valence electrons. The average Bonchev–Trinajstić information content (AvgIpc) is 2.23. The van der Waals surface area contributed by atoms with Crippen LogP contribution in [0, 0.1) is 0 Å². The number of rotatable bonds is 10. The van der Waals surface area contributed by atoms with E-state index < -0.39 is 0 Å². The summed E-state index contributed by atoms with van der Waals surface area (Å²) in [5.74, 6) is 0. The molecule has 0 rings (SSSR count). The topological polar surface area (TPSA) is 30.9 Å². The number of ether oxygens (including phenoxy) is 3. The van der Waals surface area contributed by atoms with Gasteiger partial charge in [-0.2, -0.15) is 0 Å². The summed E-state index contributed by atoms with van der Waals surface area (Å²) in [7, 11) is 1.73. The van der Waals surface area contributed by atoms with Crippen molar-refractivity contribution in [3.8, 4) is 0 Å². The van der Waals surface area contributed by atoms with Crippen LogP contribution < -0.4 is 0 Å². The van der Waals surface area contributed by atoms with E-state index >= 15 is 0 Å². The molecule has 0 aliphatic rings. The minimum atomic E-state index is -0.0627. The molecule has 0 aromatic rings. The SMILES string of the molecule is CCOCCN(CCOC)CCOC(C)(C)C. The van der Waals surface area contributed by atoms with Crippen LogP contribution in [0.2, 0.25) is 0 Å². The molecule has 4 nitrogen and oxygen atoms in total. The highest BCUT2D eigenvalue weighted by molar-refractivity contribution is 4.61. The maximum atomic E-state index is 5.72. The second kappa shape index (κ2) is 9.83. The highest BCUT2D eigenvalue weighted by atomic mass is 16.5. The van der Waals surface area contributed by atoms with Gasteiger partial charge in [0.1, 0.15) is 0 Å². The molecule has 0 heterocycles. The van der Waals surface area contributed by atoms with Crippen LogP contribution in [0.4, 0.5) is 0 Å². The van der Waals surface area contributed by atoms with Gasteiger partial charge in [-0.15, -0.1) is 0 Å². The molecule has 0 radical (unpaired) electrons. The molecule has 0 aliphatic heterocycles. The van der Waals surface area contributed by atoms with Crippen molar-refractivity contribution in [2.75, 3.05) is 53.2 Å². The standard InChI is InChI=1S/C13H29NO3/c1-6-16-11-8-14(7-10-15-5)9-12-17-13(2,3)4/h6-12H2,1-5H3. The van der Waals surface area contributed by atoms with Crippen molar-refractivity contribution < 1.29 is 14.2 Å². The molecule has 0 aromatic heterocycles. The maximum absolute atomic E-state index is 5.72. The zero-order valence-electron chi connectivity index (χ0n) is 12.1. The lowest BCUT2D eigenvalue weighted by molar-refractivity contribution is -0.0177. The van der Waals surface area contributed by atoms with Crippen molar-refractivity contribution in [1.82, 2.24) is 4.90 Å². The second-order valence-electron chi connectivity index (χ2n) is 4.99. The summed E-state index contributed by atoms with van der Waals surface area (Å²) >= 11 is 0. The summed E-state index contributed by atoms with van der Waals surface area (Å²) in [6, 6.07) is 0. The molecule has 0 N–H and O–H groups in total. The normalized spacial score (nSPS) is 12.4. The molecule has 0 atom stereocenters. The van der Waals surface area contributed by atoms with Gasteiger partial charge in [0, 0.05) is 33.4 Å². The van der Waals surface area contributed by atoms with Crippen LogP contribution >= 0.6 is 0 Å². The second-order valence-corrected chi connectivity index (χ2v) is 4.99. The molecule has 0 fully saturated rings. The van der Waals surface area contributed by atoms with Gasteiger partial charge in [-0.25, -0.2) is 0 Å². The van der Waals surface area contributed by atoms with Crippen LogP contribution in [0.1, 0.15) is 27.7 Å². The number of nitrogens with zero attached hydrogens (tertiary/aromatic N) is 1. The quantitative estimate of drug-likeness (QED) is 0.551. The Balaban J connectivity index is 3.75. The molecule has 17 heavy (non-hydrogen) atoms. The summed E-state index contributed by atoms with van der Waals surface area (Å²) in [6.07, 6.45) is 0. The van der Waals surface area contributed by atoms with Crippen LogP contribution in [0.15, 0.2) is 0 Å². The van der Waals surface area contributed by atoms with Crippen molar-refractivity contribution in [3.63, 3.8) is 0 Å². The van der Waals surface area contributed by atoms with Crippen LogP contribution in [0.3, 0.4) is 0 Å². The van der Waals surface area contributed by atoms with E-state index in [1.165, 1.54) is 0 Å². The van der Waals surface area contributed by atoms with Gasteiger partial charge in [-0.1, -0.05) is 0 Å². The Kier molecular flexibility index (Phi) is 9.74. The van der Waals surface area contributed by atoms with E-state index in [9.17, 15) is 0 Å². The van der Waals surface area contributed by atoms with E-state index in [1.807, 2.05) is 6.92 Å². The summed E-state index contributed by atoms with van der Waals surface area (Å²) in [4.78, 5) is 2.31. The van der Waals surface area contributed by atoms with Crippen molar-refractivity contribution >= 4 is 0 Å². The van der Waals surface area contributed by atoms with E-state index in [4.69, 9.17) is 14.2 Å². The predicted molar refractivity (Wildman–Crippen MR) is 70.5 cm³/mol. The van der Waals surface area contributed by atoms with Gasteiger partial charge in [0.05, 0.1) is 25.4 Å². The van der Waals surface area contributed by atoms with Crippen LogP contribution in [0.25, 0.3) is 0 Å². The van der Waals surface area contributed by atoms with Crippen molar-refractivity contribution in [3.05, 3.63) is 0 Å². The third-order valence-electron chi connectivity index (χ3n) is 2.31. The third-order valence-corrected chi connectivity index (χ3v) is 2.31. The number of hydrogen-bond acceptors (Lipinski definition) is 4. The zero-order valence-corrected chi connectivity index (χ0v) is 12.1. The molecule has 0 spiro atoms. The fourth-order valence-corrected chi connectivity index (χ4v) is 1.37. The number of hydrogen-bond donors (Lipinski definition) is 0. The molecule has 0 amide bonds. The molecular formula is C13H29NO3. The first-order valence-corrected chi connectivity index (χ1v) is 6.42. The molecular weight excluding hydrogens is 218 g/mol. The Morgan fingerprint density at radius 1 is 0.941 bits per heavy atom. The van der Waals surface area contributed by atoms with E-state index in [1.54, 1.807) is 7.11 Å². The van der Waals surface area contributed by atoms with E-state index in [0.29, 0.717) is 0 Å². The molecule has 0 aromatic carbocycles. The maximum Gasteiger partial charge on any atom is 0.0600 e. The molecule has 0 saturated heterocycles. The highest BCUT2D eigenvalue weighted by Crippen LogP contribution is 2.06. The van der Waals surface area contributed by atoms with Gasteiger partial charge in [-0.05, 0) is 27.7 Å². The first-order valence-electron chi connectivity index (χ1n) is 6.42. The van der Waals surface area contributed by atoms with Crippen LogP contribution in [-0.4, -0.2) is 63.7 Å². The lowest BCUT2D eigenvalue weighted by Crippen LogP contribution is -2.35. The van der Waals surface area contributed by atoms with E-state index in [-0.39, 0.29) is 5.60 Å². The summed E-state index contributed by atoms with van der Waals surface area (Å²) < 4.78 is 16.2. The lowest BCUT2D eigenvalue weighted by Gasteiger charge is -2.25. The Labute approximate surface area is 106 Å². The van der Waals surface area contributed by atoms with Crippen molar-refractivity contribution in [2.45, 2.75) is 33.3 Å². The first-order chi connectivity index (χ1) is 7.99. The number of methoxy groups -OCH3 is 1. The predicted octanol–water partition coefficient (Wildman–Crippen LogP) is 1.79. The van der Waals surface area contributed by atoms with Crippen molar-refractivity contribution in [2.24, 2.45) is 0 Å². The molecule has 0 bridgehead atoms. The van der Waals surface area contributed by atoms with Crippen LogP contribution in [-0.2, 0) is 14.2 Å². The van der Waals surface area contributed by atoms with Gasteiger partial charge in [-0.3, -0.25) is 4.90 Å². The Hall–Kier alpha value is -0.160. The largest absolute Gasteiger partial charge is 0.383 e. The van der Waals surface area contributed by atoms with E-state index in [2.05, 4.69) is 25.7 Å². The third kappa shape index (κ3) is 12.1. The first kappa shape index (κ1) is 16.8. The van der Waals surface area contributed by atoms with Gasteiger partial charge in [0.25, 0.3) is 0 Å². The highest BCUT2D eigenvalue weighted by Gasteiger charge is 2.11. The smallest absolute Gasteiger partial charge is 0.0600 e. The van der Waals surface area contributed by atoms with Gasteiger partial charge in [0.2, 0.25) is 0 Å².